The van der Waals surface area contributed by atoms with Gasteiger partial charge in [-0.25, -0.2) is 0 Å². The van der Waals surface area contributed by atoms with Crippen LogP contribution in [0.2, 0.25) is 0 Å². The molecule has 2 saturated heterocycles. The zero-order valence-electron chi connectivity index (χ0n) is 10.9. The van der Waals surface area contributed by atoms with Crippen molar-refractivity contribution in [3.05, 3.63) is 20.8 Å². The number of nitrogens with one attached hydrogen (secondary N) is 1. The smallest absolute Gasteiger partial charge is 0.0701 e. The van der Waals surface area contributed by atoms with Crippen molar-refractivity contribution in [3.63, 3.8) is 0 Å². The Morgan fingerprint density at radius 3 is 2.67 bits per heavy atom. The van der Waals surface area contributed by atoms with Gasteiger partial charge in [0.15, 0.2) is 0 Å². The number of hydrogen-bond acceptors (Lipinski definition) is 3. The van der Waals surface area contributed by atoms with Crippen LogP contribution in [0.4, 0.5) is 0 Å². The summed E-state index contributed by atoms with van der Waals surface area (Å²) < 4.78 is 1.23. The number of nitrogens with zero attached hydrogens (tertiary/aromatic N) is 1. The summed E-state index contributed by atoms with van der Waals surface area (Å²) in [5, 5.41) is 3.64. The number of fused-ring (bicyclic) bond motifs is 2. The van der Waals surface area contributed by atoms with Gasteiger partial charge in [0.1, 0.15) is 0 Å². The highest BCUT2D eigenvalue weighted by atomic mass is 79.9. The molecule has 1 N–H and O–H groups in total. The van der Waals surface area contributed by atoms with E-state index in [9.17, 15) is 0 Å². The van der Waals surface area contributed by atoms with Crippen molar-refractivity contribution in [2.75, 3.05) is 13.6 Å². The quantitative estimate of drug-likeness (QED) is 0.910. The Labute approximate surface area is 122 Å². The van der Waals surface area contributed by atoms with E-state index < -0.39 is 0 Å². The first-order valence-corrected chi connectivity index (χ1v) is 8.50. The lowest BCUT2D eigenvalue weighted by molar-refractivity contribution is 0.133. The van der Waals surface area contributed by atoms with Crippen LogP contribution in [0.15, 0.2) is 15.9 Å². The van der Waals surface area contributed by atoms with Crippen LogP contribution in [0.1, 0.15) is 30.6 Å². The molecular formula is C14H21BrN2S. The van der Waals surface area contributed by atoms with Gasteiger partial charge in [0, 0.05) is 23.5 Å². The molecule has 0 aliphatic carbocycles. The Hall–Kier alpha value is 0.1000. The van der Waals surface area contributed by atoms with Crippen molar-refractivity contribution in [2.24, 2.45) is 5.92 Å². The molecule has 2 unspecified atom stereocenters. The van der Waals surface area contributed by atoms with Crippen LogP contribution in [0.5, 0.6) is 0 Å². The molecule has 0 spiro atoms. The average molecular weight is 329 g/mol. The summed E-state index contributed by atoms with van der Waals surface area (Å²) in [6.07, 6.45) is 5.65. The number of halogens is 1. The van der Waals surface area contributed by atoms with Gasteiger partial charge in [-0.2, -0.15) is 0 Å². The second kappa shape index (κ2) is 5.61. The fraction of sp³-hybridized carbons (Fsp3) is 0.714. The summed E-state index contributed by atoms with van der Waals surface area (Å²) in [6, 6.07) is 6.08. The highest BCUT2D eigenvalue weighted by Crippen LogP contribution is 2.37. The predicted molar refractivity (Wildman–Crippen MR) is 81.0 cm³/mol. The van der Waals surface area contributed by atoms with Gasteiger partial charge in [-0.15, -0.1) is 11.3 Å². The molecule has 0 radical (unpaired) electrons. The van der Waals surface area contributed by atoms with Crippen LogP contribution < -0.4 is 5.32 Å². The van der Waals surface area contributed by atoms with Crippen LogP contribution in [0, 0.1) is 5.92 Å². The van der Waals surface area contributed by atoms with Crippen molar-refractivity contribution in [1.82, 2.24) is 10.2 Å². The Bertz CT molecular complexity index is 392. The van der Waals surface area contributed by atoms with Gasteiger partial charge in [-0.1, -0.05) is 0 Å². The Balaban J connectivity index is 1.44. The van der Waals surface area contributed by atoms with Gasteiger partial charge < -0.3 is 10.2 Å². The van der Waals surface area contributed by atoms with Crippen LogP contribution in [-0.2, 0) is 6.54 Å². The van der Waals surface area contributed by atoms with E-state index in [2.05, 4.69) is 45.3 Å². The molecule has 100 valence electrons. The fourth-order valence-electron chi connectivity index (χ4n) is 3.54. The minimum absolute atomic E-state index is 0.867. The Morgan fingerprint density at radius 1 is 1.33 bits per heavy atom. The van der Waals surface area contributed by atoms with E-state index in [1.54, 1.807) is 0 Å². The molecule has 1 aromatic heterocycles. The summed E-state index contributed by atoms with van der Waals surface area (Å²) in [7, 11) is 2.31. The first-order chi connectivity index (χ1) is 8.72. The van der Waals surface area contributed by atoms with Gasteiger partial charge in [-0.3, -0.25) is 0 Å². The topological polar surface area (TPSA) is 15.3 Å². The van der Waals surface area contributed by atoms with Gasteiger partial charge >= 0.3 is 0 Å². The first-order valence-electron chi connectivity index (χ1n) is 6.89. The van der Waals surface area contributed by atoms with Gasteiger partial charge in [0.25, 0.3) is 0 Å². The SMILES string of the molecule is CN1C2CCC1CC(CNCc1ccc(Br)s1)C2. The summed E-state index contributed by atoms with van der Waals surface area (Å²) >= 11 is 5.35. The van der Waals surface area contributed by atoms with E-state index in [1.807, 2.05) is 11.3 Å². The van der Waals surface area contributed by atoms with Crippen molar-refractivity contribution in [1.29, 1.82) is 0 Å². The normalized spacial score (nSPS) is 32.0. The molecule has 3 heterocycles. The lowest BCUT2D eigenvalue weighted by Crippen LogP contribution is -2.42. The molecular weight excluding hydrogens is 308 g/mol. The van der Waals surface area contributed by atoms with Crippen molar-refractivity contribution < 1.29 is 0 Å². The molecule has 2 aliphatic heterocycles. The molecule has 2 aliphatic rings. The Kier molecular flexibility index (Phi) is 4.09. The molecule has 2 atom stereocenters. The number of thiophene rings is 1. The van der Waals surface area contributed by atoms with Crippen molar-refractivity contribution in [3.8, 4) is 0 Å². The zero-order chi connectivity index (χ0) is 12.5. The van der Waals surface area contributed by atoms with E-state index in [0.29, 0.717) is 0 Å². The maximum absolute atomic E-state index is 3.64. The zero-order valence-corrected chi connectivity index (χ0v) is 13.3. The maximum atomic E-state index is 3.64. The first kappa shape index (κ1) is 13.1. The molecule has 0 amide bonds. The maximum Gasteiger partial charge on any atom is 0.0701 e. The van der Waals surface area contributed by atoms with Crippen molar-refractivity contribution in [2.45, 2.75) is 44.3 Å². The van der Waals surface area contributed by atoms with E-state index >= 15 is 0 Å². The average Bonchev–Trinajstić information content (AvgIpc) is 2.82. The third-order valence-corrected chi connectivity index (χ3v) is 6.18. The minimum atomic E-state index is 0.867. The summed E-state index contributed by atoms with van der Waals surface area (Å²) in [4.78, 5) is 4.05. The van der Waals surface area contributed by atoms with Gasteiger partial charge in [0.2, 0.25) is 0 Å². The highest BCUT2D eigenvalue weighted by Gasteiger charge is 2.37. The molecule has 18 heavy (non-hydrogen) atoms. The molecule has 0 saturated carbocycles. The van der Waals surface area contributed by atoms with Crippen LogP contribution in [0.25, 0.3) is 0 Å². The summed E-state index contributed by atoms with van der Waals surface area (Å²) in [5.41, 5.74) is 0. The Morgan fingerprint density at radius 2 is 2.06 bits per heavy atom. The molecule has 0 aromatic carbocycles. The third kappa shape index (κ3) is 2.82. The second-order valence-electron chi connectivity index (χ2n) is 5.72. The minimum Gasteiger partial charge on any atom is -0.312 e. The van der Waals surface area contributed by atoms with Crippen LogP contribution in [-0.4, -0.2) is 30.6 Å². The second-order valence-corrected chi connectivity index (χ2v) is 8.27. The van der Waals surface area contributed by atoms with E-state index in [4.69, 9.17) is 0 Å². The summed E-state index contributed by atoms with van der Waals surface area (Å²) in [6.45, 7) is 2.22. The molecule has 2 nitrogen and oxygen atoms in total. The fourth-order valence-corrected chi connectivity index (χ4v) is 4.99. The lowest BCUT2D eigenvalue weighted by atomic mass is 9.91. The van der Waals surface area contributed by atoms with E-state index in [-0.39, 0.29) is 0 Å². The van der Waals surface area contributed by atoms with Gasteiger partial charge in [0.05, 0.1) is 3.79 Å². The molecule has 1 aromatic rings. The van der Waals surface area contributed by atoms with Gasteiger partial charge in [-0.05, 0) is 73.3 Å². The van der Waals surface area contributed by atoms with E-state index in [0.717, 1.165) is 24.5 Å². The summed E-state index contributed by atoms with van der Waals surface area (Å²) in [5.74, 6) is 0.891. The lowest BCUT2D eigenvalue weighted by Gasteiger charge is -2.36. The molecule has 2 fully saturated rings. The number of rotatable bonds is 4. The third-order valence-electron chi connectivity index (χ3n) is 4.56. The monoisotopic (exact) mass is 328 g/mol. The standard InChI is InChI=1S/C14H21BrN2S/c1-17-11-2-3-12(17)7-10(6-11)8-16-9-13-4-5-14(15)18-13/h4-5,10-12,16H,2-3,6-9H2,1H3. The van der Waals surface area contributed by atoms with Crippen LogP contribution in [0.3, 0.4) is 0 Å². The van der Waals surface area contributed by atoms with E-state index in [1.165, 1.54) is 40.9 Å². The molecule has 2 bridgehead atoms. The largest absolute Gasteiger partial charge is 0.312 e. The van der Waals surface area contributed by atoms with Crippen molar-refractivity contribution >= 4 is 27.3 Å². The van der Waals surface area contributed by atoms with Crippen LogP contribution >= 0.6 is 27.3 Å². The number of piperidine rings is 1. The number of hydrogen-bond donors (Lipinski definition) is 1. The predicted octanol–water partition coefficient (Wildman–Crippen LogP) is 3.47. The molecule has 4 heteroatoms. The highest BCUT2D eigenvalue weighted by molar-refractivity contribution is 9.11. The molecule has 3 rings (SSSR count).